The second kappa shape index (κ2) is 9.72. The number of nitrogens with zero attached hydrogens (tertiary/aromatic N) is 2. The Balaban J connectivity index is 0.00000274. The van der Waals surface area contributed by atoms with Crippen molar-refractivity contribution in [3.05, 3.63) is 84.1 Å². The van der Waals surface area contributed by atoms with E-state index in [9.17, 15) is 13.9 Å². The van der Waals surface area contributed by atoms with Crippen molar-refractivity contribution in [3.8, 4) is 5.75 Å². The molecule has 0 amide bonds. The lowest BCUT2D eigenvalue weighted by Crippen LogP contribution is -2.68. The van der Waals surface area contributed by atoms with Crippen molar-refractivity contribution in [2.75, 3.05) is 20.2 Å². The zero-order valence-electron chi connectivity index (χ0n) is 19.1. The molecule has 180 valence electrons. The van der Waals surface area contributed by atoms with E-state index < -0.39 is 17.7 Å². The molecule has 0 radical (unpaired) electrons. The first-order valence-electron chi connectivity index (χ1n) is 11.4. The Hall–Kier alpha value is -2.35. The van der Waals surface area contributed by atoms with E-state index in [1.807, 2.05) is 30.3 Å². The Bertz CT molecular complexity index is 1210. The summed E-state index contributed by atoms with van der Waals surface area (Å²) in [5, 5.41) is 14.9. The van der Waals surface area contributed by atoms with Crippen LogP contribution in [-0.4, -0.2) is 35.7 Å². The molecule has 3 aromatic rings. The summed E-state index contributed by atoms with van der Waals surface area (Å²) in [6.07, 6.45) is 4.41. The molecular formula is C27H29BrF2N2O2. The molecule has 3 aliphatic heterocycles. The van der Waals surface area contributed by atoms with Crippen molar-refractivity contribution in [1.82, 2.24) is 4.98 Å². The number of hydrogen-bond donors (Lipinski definition) is 0. The number of ether oxygens (including phenoxy) is 1. The molecule has 3 fully saturated rings. The quantitative estimate of drug-likeness (QED) is 0.328. The van der Waals surface area contributed by atoms with Crippen molar-refractivity contribution in [2.24, 2.45) is 11.8 Å². The van der Waals surface area contributed by atoms with Crippen LogP contribution in [0.2, 0.25) is 0 Å². The Morgan fingerprint density at radius 1 is 1.24 bits per heavy atom. The second-order valence-electron chi connectivity index (χ2n) is 9.47. The largest absolute Gasteiger partial charge is 0.844 e. The number of hydrogen-bond acceptors (Lipinski definition) is 3. The van der Waals surface area contributed by atoms with Crippen molar-refractivity contribution >= 4 is 27.9 Å². The molecule has 4 heterocycles. The fourth-order valence-corrected chi connectivity index (χ4v) is 6.08. The highest BCUT2D eigenvalue weighted by Gasteiger charge is 2.52. The van der Waals surface area contributed by atoms with Crippen molar-refractivity contribution in [3.63, 3.8) is 0 Å². The Morgan fingerprint density at radius 2 is 2.06 bits per heavy atom. The molecule has 0 N–H and O–H groups in total. The summed E-state index contributed by atoms with van der Waals surface area (Å²) in [7, 11) is 1.60. The highest BCUT2D eigenvalue weighted by atomic mass is 79.9. The van der Waals surface area contributed by atoms with Gasteiger partial charge in [0.2, 0.25) is 0 Å². The molecule has 2 bridgehead atoms. The van der Waals surface area contributed by atoms with Crippen LogP contribution in [-0.2, 0) is 6.54 Å². The van der Waals surface area contributed by atoms with Gasteiger partial charge in [0.15, 0.2) is 0 Å². The number of methoxy groups -OCH3 is 1. The van der Waals surface area contributed by atoms with Gasteiger partial charge in [0.25, 0.3) is 0 Å². The number of rotatable bonds is 6. The number of pyridine rings is 1. The predicted molar refractivity (Wildman–Crippen MR) is 132 cm³/mol. The standard InChI is InChI=1S/C27H28F2N2O2.BrH/c1-3-17-15-31(16-19-4-5-20(28)13-24(19)29)11-9-18(17)12-26(31)27(32)22-8-10-30-25-7-6-21(33-2)14-23(22)25;/h3-8,10,13-14,17-18,26-27H,1,9,11-12,15-16H2,2H3;1H/t17?,18?,26?,27-,31?;/m1./s1. The average Bonchev–Trinajstić information content (AvgIpc) is 2.84. The molecule has 4 unspecified atom stereocenters. The van der Waals surface area contributed by atoms with Crippen LogP contribution in [0.15, 0.2) is 61.3 Å². The molecule has 34 heavy (non-hydrogen) atoms. The smallest absolute Gasteiger partial charge is 0.134 e. The van der Waals surface area contributed by atoms with Gasteiger partial charge >= 0.3 is 0 Å². The highest BCUT2D eigenvalue weighted by Crippen LogP contribution is 2.47. The van der Waals surface area contributed by atoms with Gasteiger partial charge in [-0.3, -0.25) is 4.98 Å². The van der Waals surface area contributed by atoms with Crippen LogP contribution >= 0.6 is 17.0 Å². The van der Waals surface area contributed by atoms with Crippen LogP contribution in [0.25, 0.3) is 10.9 Å². The minimum absolute atomic E-state index is 0. The van der Waals surface area contributed by atoms with Gasteiger partial charge in [-0.2, -0.15) is 0 Å². The SMILES string of the molecule is Br.C=CC1C[N+]2(Cc3ccc(F)cc3F)CCC1CC2[C@H]([O-])c1ccnc2ccc(OC)cc12. The first kappa shape index (κ1) is 24.8. The van der Waals surface area contributed by atoms with E-state index in [2.05, 4.69) is 11.6 Å². The van der Waals surface area contributed by atoms with Crippen LogP contribution in [0.4, 0.5) is 8.78 Å². The first-order chi connectivity index (χ1) is 15.9. The van der Waals surface area contributed by atoms with Gasteiger partial charge in [-0.1, -0.05) is 6.08 Å². The van der Waals surface area contributed by atoms with Crippen LogP contribution in [0, 0.1) is 23.5 Å². The number of fused-ring (bicyclic) bond motifs is 4. The fourth-order valence-electron chi connectivity index (χ4n) is 6.08. The lowest BCUT2D eigenvalue weighted by molar-refractivity contribution is -0.990. The zero-order chi connectivity index (χ0) is 23.2. The first-order valence-corrected chi connectivity index (χ1v) is 11.4. The van der Waals surface area contributed by atoms with E-state index >= 15 is 0 Å². The molecule has 3 aliphatic rings. The maximum absolute atomic E-state index is 14.7. The summed E-state index contributed by atoms with van der Waals surface area (Å²) >= 11 is 0. The van der Waals surface area contributed by atoms with Crippen LogP contribution in [0.5, 0.6) is 5.75 Å². The van der Waals surface area contributed by atoms with E-state index in [1.54, 1.807) is 13.3 Å². The molecule has 0 saturated carbocycles. The maximum atomic E-state index is 14.7. The summed E-state index contributed by atoms with van der Waals surface area (Å²) in [6.45, 7) is 5.96. The van der Waals surface area contributed by atoms with E-state index in [4.69, 9.17) is 4.74 Å². The molecule has 0 spiro atoms. The molecule has 3 saturated heterocycles. The summed E-state index contributed by atoms with van der Waals surface area (Å²) in [5.74, 6) is 0.238. The van der Waals surface area contributed by atoms with Crippen LogP contribution < -0.4 is 9.84 Å². The van der Waals surface area contributed by atoms with E-state index in [0.717, 1.165) is 42.9 Å². The molecule has 2 aromatic carbocycles. The van der Waals surface area contributed by atoms with Gasteiger partial charge in [-0.05, 0) is 54.0 Å². The summed E-state index contributed by atoms with van der Waals surface area (Å²) in [6, 6.07) is 10.9. The van der Waals surface area contributed by atoms with Crippen molar-refractivity contribution in [2.45, 2.75) is 31.5 Å². The number of halogens is 3. The monoisotopic (exact) mass is 530 g/mol. The van der Waals surface area contributed by atoms with Gasteiger partial charge in [-0.15, -0.1) is 23.6 Å². The number of quaternary nitrogens is 1. The van der Waals surface area contributed by atoms with Crippen molar-refractivity contribution in [1.29, 1.82) is 0 Å². The maximum Gasteiger partial charge on any atom is 0.134 e. The van der Waals surface area contributed by atoms with Crippen LogP contribution in [0.3, 0.4) is 0 Å². The lowest BCUT2D eigenvalue weighted by atomic mass is 9.71. The second-order valence-corrected chi connectivity index (χ2v) is 9.47. The molecular weight excluding hydrogens is 502 g/mol. The highest BCUT2D eigenvalue weighted by molar-refractivity contribution is 8.93. The minimum Gasteiger partial charge on any atom is -0.844 e. The predicted octanol–water partition coefficient (Wildman–Crippen LogP) is 5.11. The third kappa shape index (κ3) is 4.25. The zero-order valence-corrected chi connectivity index (χ0v) is 20.8. The normalized spacial score (nSPS) is 26.6. The fraction of sp³-hybridized carbons (Fsp3) is 0.370. The van der Waals surface area contributed by atoms with Crippen LogP contribution in [0.1, 0.15) is 30.1 Å². The molecule has 5 atom stereocenters. The summed E-state index contributed by atoms with van der Waals surface area (Å²) < 4.78 is 34.1. The Kier molecular flexibility index (Phi) is 7.08. The van der Waals surface area contributed by atoms with Crippen molar-refractivity contribution < 1.29 is 23.1 Å². The molecule has 0 aliphatic carbocycles. The Morgan fingerprint density at radius 3 is 2.79 bits per heavy atom. The van der Waals surface area contributed by atoms with E-state index in [0.29, 0.717) is 39.7 Å². The van der Waals surface area contributed by atoms with Gasteiger partial charge in [0, 0.05) is 42.0 Å². The molecule has 1 aromatic heterocycles. The molecule has 6 rings (SSSR count). The average molecular weight is 531 g/mol. The number of piperidine rings is 3. The number of aromatic nitrogens is 1. The third-order valence-electron chi connectivity index (χ3n) is 7.81. The lowest BCUT2D eigenvalue weighted by Gasteiger charge is -2.60. The molecule has 7 heteroatoms. The van der Waals surface area contributed by atoms with Gasteiger partial charge in [0.1, 0.15) is 23.9 Å². The summed E-state index contributed by atoms with van der Waals surface area (Å²) in [5.41, 5.74) is 1.91. The van der Waals surface area contributed by atoms with E-state index in [1.165, 1.54) is 12.1 Å². The topological polar surface area (TPSA) is 45.2 Å². The van der Waals surface area contributed by atoms with E-state index in [-0.39, 0.29) is 23.0 Å². The van der Waals surface area contributed by atoms with Gasteiger partial charge in [0.05, 0.1) is 31.8 Å². The Labute approximate surface area is 209 Å². The van der Waals surface area contributed by atoms with Gasteiger partial charge < -0.3 is 14.3 Å². The van der Waals surface area contributed by atoms with Gasteiger partial charge in [-0.25, -0.2) is 8.78 Å². The number of benzene rings is 2. The summed E-state index contributed by atoms with van der Waals surface area (Å²) in [4.78, 5) is 4.43. The third-order valence-corrected chi connectivity index (χ3v) is 7.81. The molecule has 4 nitrogen and oxygen atoms in total. The minimum atomic E-state index is -1.00.